The van der Waals surface area contributed by atoms with Crippen molar-refractivity contribution in [3.8, 4) is 0 Å². The monoisotopic (exact) mass is 252 g/mol. The Balaban J connectivity index is 2.21. The molecule has 7 nitrogen and oxygen atoms in total. The Morgan fingerprint density at radius 3 is 2.78 bits per heavy atom. The first-order chi connectivity index (χ1) is 8.60. The van der Waals surface area contributed by atoms with Crippen molar-refractivity contribution in [1.29, 1.82) is 0 Å². The Kier molecular flexibility index (Phi) is 3.81. The van der Waals surface area contributed by atoms with Crippen LogP contribution in [0.5, 0.6) is 0 Å². The van der Waals surface area contributed by atoms with Crippen molar-refractivity contribution in [3.05, 3.63) is 0 Å². The smallest absolute Gasteiger partial charge is 0.232 e. The summed E-state index contributed by atoms with van der Waals surface area (Å²) in [6.07, 6.45) is 2.38. The van der Waals surface area contributed by atoms with E-state index in [0.717, 1.165) is 25.9 Å². The van der Waals surface area contributed by atoms with Crippen molar-refractivity contribution in [2.75, 3.05) is 49.8 Å². The number of piperidine rings is 1. The van der Waals surface area contributed by atoms with Gasteiger partial charge in [-0.05, 0) is 12.8 Å². The molecule has 1 aliphatic heterocycles. The van der Waals surface area contributed by atoms with E-state index >= 15 is 0 Å². The van der Waals surface area contributed by atoms with E-state index in [1.165, 1.54) is 0 Å². The molecule has 0 amide bonds. The SMILES string of the molecule is COC1CCCN(c2nc(N)nc(N(C)C)n2)C1. The lowest BCUT2D eigenvalue weighted by Gasteiger charge is -2.32. The normalized spacial score (nSPS) is 19.9. The maximum atomic E-state index is 5.72. The molecule has 1 aromatic heterocycles. The van der Waals surface area contributed by atoms with E-state index in [1.54, 1.807) is 7.11 Å². The van der Waals surface area contributed by atoms with Gasteiger partial charge in [0.15, 0.2) is 0 Å². The standard InChI is InChI=1S/C11H20N6O/c1-16(2)10-13-9(12)14-11(15-10)17-6-4-5-8(7-17)18-3/h8H,4-7H2,1-3H3,(H2,12,13,14,15). The van der Waals surface area contributed by atoms with Crippen molar-refractivity contribution in [2.24, 2.45) is 0 Å². The van der Waals surface area contributed by atoms with Gasteiger partial charge in [0.25, 0.3) is 0 Å². The first kappa shape index (κ1) is 12.8. The fourth-order valence-electron chi connectivity index (χ4n) is 2.02. The number of methoxy groups -OCH3 is 1. The Labute approximate surface area is 107 Å². The largest absolute Gasteiger partial charge is 0.380 e. The molecular formula is C11H20N6O. The number of nitrogen functional groups attached to an aromatic ring is 1. The minimum atomic E-state index is 0.236. The van der Waals surface area contributed by atoms with Crippen LogP contribution in [0, 0.1) is 0 Å². The molecule has 0 saturated carbocycles. The molecule has 2 heterocycles. The van der Waals surface area contributed by atoms with Crippen LogP contribution in [0.3, 0.4) is 0 Å². The van der Waals surface area contributed by atoms with Crippen LogP contribution in [0.4, 0.5) is 17.8 Å². The van der Waals surface area contributed by atoms with Gasteiger partial charge in [-0.3, -0.25) is 0 Å². The minimum absolute atomic E-state index is 0.236. The van der Waals surface area contributed by atoms with E-state index in [9.17, 15) is 0 Å². The van der Waals surface area contributed by atoms with Crippen LogP contribution in [-0.2, 0) is 4.74 Å². The first-order valence-electron chi connectivity index (χ1n) is 6.06. The van der Waals surface area contributed by atoms with Gasteiger partial charge in [0.2, 0.25) is 17.8 Å². The van der Waals surface area contributed by atoms with E-state index in [4.69, 9.17) is 10.5 Å². The van der Waals surface area contributed by atoms with Gasteiger partial charge in [0.1, 0.15) is 0 Å². The van der Waals surface area contributed by atoms with Crippen LogP contribution in [0.15, 0.2) is 0 Å². The lowest BCUT2D eigenvalue weighted by molar-refractivity contribution is 0.0889. The molecule has 1 fully saturated rings. The number of hydrogen-bond acceptors (Lipinski definition) is 7. The van der Waals surface area contributed by atoms with Crippen molar-refractivity contribution < 1.29 is 4.74 Å². The molecule has 18 heavy (non-hydrogen) atoms. The Hall–Kier alpha value is -1.63. The summed E-state index contributed by atoms with van der Waals surface area (Å²) < 4.78 is 5.40. The van der Waals surface area contributed by atoms with Crippen molar-refractivity contribution in [1.82, 2.24) is 15.0 Å². The third kappa shape index (κ3) is 2.79. The molecule has 1 atom stereocenters. The third-order valence-electron chi connectivity index (χ3n) is 3.02. The van der Waals surface area contributed by atoms with Gasteiger partial charge < -0.3 is 20.3 Å². The van der Waals surface area contributed by atoms with Crippen LogP contribution < -0.4 is 15.5 Å². The fourth-order valence-corrected chi connectivity index (χ4v) is 2.02. The number of nitrogens with zero attached hydrogens (tertiary/aromatic N) is 5. The van der Waals surface area contributed by atoms with Gasteiger partial charge in [-0.25, -0.2) is 0 Å². The molecule has 0 bridgehead atoms. The minimum Gasteiger partial charge on any atom is -0.380 e. The van der Waals surface area contributed by atoms with Crippen molar-refractivity contribution in [2.45, 2.75) is 18.9 Å². The highest BCUT2D eigenvalue weighted by Crippen LogP contribution is 2.19. The van der Waals surface area contributed by atoms with E-state index in [2.05, 4.69) is 19.9 Å². The second-order valence-corrected chi connectivity index (χ2v) is 4.63. The summed E-state index contributed by atoms with van der Waals surface area (Å²) in [5.74, 6) is 1.47. The molecule has 0 radical (unpaired) electrons. The summed E-state index contributed by atoms with van der Waals surface area (Å²) in [7, 11) is 5.50. The lowest BCUT2D eigenvalue weighted by Crippen LogP contribution is -2.40. The Morgan fingerprint density at radius 2 is 2.11 bits per heavy atom. The summed E-state index contributed by atoms with van der Waals surface area (Å²) in [5, 5.41) is 0. The zero-order valence-electron chi connectivity index (χ0n) is 11.1. The average molecular weight is 252 g/mol. The summed E-state index contributed by atoms with van der Waals surface area (Å²) >= 11 is 0. The zero-order chi connectivity index (χ0) is 13.1. The summed E-state index contributed by atoms with van der Waals surface area (Å²) in [4.78, 5) is 16.6. The van der Waals surface area contributed by atoms with Gasteiger partial charge in [0, 0.05) is 34.3 Å². The molecule has 1 unspecified atom stereocenters. The van der Waals surface area contributed by atoms with Gasteiger partial charge in [-0.1, -0.05) is 0 Å². The highest BCUT2D eigenvalue weighted by molar-refractivity contribution is 5.43. The molecule has 0 aliphatic carbocycles. The maximum absolute atomic E-state index is 5.72. The van der Waals surface area contributed by atoms with E-state index in [-0.39, 0.29) is 12.1 Å². The number of nitrogens with two attached hydrogens (primary N) is 1. The van der Waals surface area contributed by atoms with Crippen LogP contribution in [-0.4, -0.2) is 55.4 Å². The molecule has 1 aromatic rings. The fraction of sp³-hybridized carbons (Fsp3) is 0.727. The highest BCUT2D eigenvalue weighted by Gasteiger charge is 2.22. The first-order valence-corrected chi connectivity index (χ1v) is 6.06. The van der Waals surface area contributed by atoms with Crippen LogP contribution >= 0.6 is 0 Å². The molecule has 0 aromatic carbocycles. The highest BCUT2D eigenvalue weighted by atomic mass is 16.5. The molecule has 2 rings (SSSR count). The number of aromatic nitrogens is 3. The number of hydrogen-bond donors (Lipinski definition) is 1. The van der Waals surface area contributed by atoms with Crippen molar-refractivity contribution in [3.63, 3.8) is 0 Å². The molecule has 1 aliphatic rings. The van der Waals surface area contributed by atoms with Crippen LogP contribution in [0.25, 0.3) is 0 Å². The predicted octanol–water partition coefficient (Wildman–Crippen LogP) is 0.135. The Morgan fingerprint density at radius 1 is 1.33 bits per heavy atom. The van der Waals surface area contributed by atoms with Gasteiger partial charge in [0.05, 0.1) is 6.10 Å². The summed E-state index contributed by atoms with van der Waals surface area (Å²) in [6.45, 7) is 1.73. The second kappa shape index (κ2) is 5.34. The van der Waals surface area contributed by atoms with Gasteiger partial charge in [-0.15, -0.1) is 0 Å². The summed E-state index contributed by atoms with van der Waals surface area (Å²) in [6, 6.07) is 0. The quantitative estimate of drug-likeness (QED) is 0.819. The van der Waals surface area contributed by atoms with Gasteiger partial charge >= 0.3 is 0 Å². The maximum Gasteiger partial charge on any atom is 0.232 e. The number of anilines is 3. The third-order valence-corrected chi connectivity index (χ3v) is 3.02. The average Bonchev–Trinajstić information content (AvgIpc) is 2.38. The molecular weight excluding hydrogens is 232 g/mol. The van der Waals surface area contributed by atoms with Crippen molar-refractivity contribution >= 4 is 17.8 Å². The Bertz CT molecular complexity index is 411. The molecule has 2 N–H and O–H groups in total. The van der Waals surface area contributed by atoms with Crippen LogP contribution in [0.1, 0.15) is 12.8 Å². The van der Waals surface area contributed by atoms with Gasteiger partial charge in [-0.2, -0.15) is 15.0 Å². The molecule has 0 spiro atoms. The summed E-state index contributed by atoms with van der Waals surface area (Å²) in [5.41, 5.74) is 5.72. The lowest BCUT2D eigenvalue weighted by atomic mass is 10.1. The number of ether oxygens (including phenoxy) is 1. The van der Waals surface area contributed by atoms with E-state index in [1.807, 2.05) is 19.0 Å². The molecule has 1 saturated heterocycles. The number of rotatable bonds is 3. The second-order valence-electron chi connectivity index (χ2n) is 4.63. The van der Waals surface area contributed by atoms with Crippen LogP contribution in [0.2, 0.25) is 0 Å². The predicted molar refractivity (Wildman–Crippen MR) is 70.8 cm³/mol. The van der Waals surface area contributed by atoms with E-state index < -0.39 is 0 Å². The zero-order valence-corrected chi connectivity index (χ0v) is 11.1. The van der Waals surface area contributed by atoms with E-state index in [0.29, 0.717) is 11.9 Å². The topological polar surface area (TPSA) is 80.4 Å². The molecule has 7 heteroatoms. The molecule has 100 valence electrons.